The molecule has 0 amide bonds. The fourth-order valence-corrected chi connectivity index (χ4v) is 2.29. The monoisotopic (exact) mass is 354 g/mol. The van der Waals surface area contributed by atoms with Crippen molar-refractivity contribution in [2.24, 2.45) is 0 Å². The number of hydrogen-bond donors (Lipinski definition) is 1. The van der Waals surface area contributed by atoms with Crippen molar-refractivity contribution < 1.29 is 23.9 Å². The number of methoxy groups -OCH3 is 1. The van der Waals surface area contributed by atoms with Gasteiger partial charge in [0.05, 0.1) is 25.4 Å². The van der Waals surface area contributed by atoms with Gasteiger partial charge in [-0.25, -0.2) is 0 Å². The summed E-state index contributed by atoms with van der Waals surface area (Å²) in [4.78, 5) is 14.9. The van der Waals surface area contributed by atoms with Crippen molar-refractivity contribution in [1.29, 1.82) is 0 Å². The first-order valence-electron chi connectivity index (χ1n) is 8.03. The van der Waals surface area contributed by atoms with Gasteiger partial charge in [0.25, 0.3) is 0 Å². The van der Waals surface area contributed by atoms with Crippen LogP contribution in [0.15, 0.2) is 53.2 Å². The first-order chi connectivity index (χ1) is 12.6. The molecule has 0 spiro atoms. The van der Waals surface area contributed by atoms with Crippen LogP contribution >= 0.6 is 0 Å². The summed E-state index contributed by atoms with van der Waals surface area (Å²) in [5.74, 6) is 1.08. The number of aliphatic carboxylic acids is 1. The number of ether oxygens (including phenoxy) is 2. The zero-order valence-electron chi connectivity index (χ0n) is 14.2. The van der Waals surface area contributed by atoms with Crippen molar-refractivity contribution >= 4 is 5.97 Å². The Bertz CT molecular complexity index is 856. The van der Waals surface area contributed by atoms with Gasteiger partial charge in [-0.3, -0.25) is 9.78 Å². The van der Waals surface area contributed by atoms with Crippen molar-refractivity contribution in [1.82, 2.24) is 10.1 Å². The smallest absolute Gasteiger partial charge is 0.303 e. The second-order valence-corrected chi connectivity index (χ2v) is 5.59. The van der Waals surface area contributed by atoms with Gasteiger partial charge >= 0.3 is 5.97 Å². The van der Waals surface area contributed by atoms with Crippen molar-refractivity contribution in [3.63, 3.8) is 0 Å². The lowest BCUT2D eigenvalue weighted by Crippen LogP contribution is -1.96. The maximum atomic E-state index is 10.6. The molecule has 134 valence electrons. The highest BCUT2D eigenvalue weighted by molar-refractivity contribution is 5.67. The molecule has 0 fully saturated rings. The Labute approximate surface area is 150 Å². The summed E-state index contributed by atoms with van der Waals surface area (Å²) in [6.45, 7) is 0.425. The second kappa shape index (κ2) is 8.15. The Morgan fingerprint density at radius 3 is 2.54 bits per heavy atom. The van der Waals surface area contributed by atoms with E-state index in [0.29, 0.717) is 35.9 Å². The summed E-state index contributed by atoms with van der Waals surface area (Å²) in [5.41, 5.74) is 2.22. The fraction of sp³-hybridized carbons (Fsp3) is 0.211. The SMILES string of the molecule is COc1ccc(COc2ccc(-c3cc(CCC(=O)O)on3)nc2)cc1. The number of carboxylic acid groups (broad SMARTS) is 1. The molecule has 0 aliphatic rings. The Balaban J connectivity index is 1.58. The summed E-state index contributed by atoms with van der Waals surface area (Å²) >= 11 is 0. The highest BCUT2D eigenvalue weighted by Crippen LogP contribution is 2.21. The number of aryl methyl sites for hydroxylation is 1. The average Bonchev–Trinajstić information content (AvgIpc) is 3.14. The summed E-state index contributed by atoms with van der Waals surface area (Å²) in [7, 11) is 1.63. The number of pyridine rings is 1. The summed E-state index contributed by atoms with van der Waals surface area (Å²) in [6.07, 6.45) is 1.91. The van der Waals surface area contributed by atoms with Gasteiger partial charge in [-0.2, -0.15) is 0 Å². The molecule has 7 heteroatoms. The highest BCUT2D eigenvalue weighted by atomic mass is 16.5. The zero-order valence-corrected chi connectivity index (χ0v) is 14.2. The molecule has 3 rings (SSSR count). The highest BCUT2D eigenvalue weighted by Gasteiger charge is 2.09. The third-order valence-corrected chi connectivity index (χ3v) is 3.71. The first-order valence-corrected chi connectivity index (χ1v) is 8.03. The maximum Gasteiger partial charge on any atom is 0.303 e. The summed E-state index contributed by atoms with van der Waals surface area (Å²) < 4.78 is 16.0. The molecule has 0 saturated heterocycles. The second-order valence-electron chi connectivity index (χ2n) is 5.59. The van der Waals surface area contributed by atoms with Crippen LogP contribution in [0.1, 0.15) is 17.7 Å². The van der Waals surface area contributed by atoms with Gasteiger partial charge in [0.1, 0.15) is 29.6 Å². The van der Waals surface area contributed by atoms with Gasteiger partial charge in [-0.1, -0.05) is 17.3 Å². The molecule has 0 unspecified atom stereocenters. The third kappa shape index (κ3) is 4.60. The Kier molecular flexibility index (Phi) is 5.48. The molecule has 1 aromatic carbocycles. The van der Waals surface area contributed by atoms with Crippen LogP contribution < -0.4 is 9.47 Å². The normalized spacial score (nSPS) is 10.5. The molecule has 2 aromatic heterocycles. The largest absolute Gasteiger partial charge is 0.497 e. The minimum absolute atomic E-state index is 0.000199. The van der Waals surface area contributed by atoms with Crippen LogP contribution in [0.2, 0.25) is 0 Å². The number of hydrogen-bond acceptors (Lipinski definition) is 6. The topological polar surface area (TPSA) is 94.7 Å². The van der Waals surface area contributed by atoms with E-state index in [9.17, 15) is 4.79 Å². The molecule has 0 aliphatic carbocycles. The van der Waals surface area contributed by atoms with E-state index in [0.717, 1.165) is 11.3 Å². The van der Waals surface area contributed by atoms with Crippen LogP contribution in [0.3, 0.4) is 0 Å². The number of carboxylic acids is 1. The van der Waals surface area contributed by atoms with Crippen LogP contribution in [0.4, 0.5) is 0 Å². The molecule has 0 atom stereocenters. The van der Waals surface area contributed by atoms with Crippen molar-refractivity contribution in [3.05, 3.63) is 60.0 Å². The van der Waals surface area contributed by atoms with Crippen molar-refractivity contribution in [2.45, 2.75) is 19.4 Å². The van der Waals surface area contributed by atoms with E-state index in [1.807, 2.05) is 24.3 Å². The Hall–Kier alpha value is -3.35. The molecule has 0 aliphatic heterocycles. The number of carbonyl (C=O) groups is 1. The summed E-state index contributed by atoms with van der Waals surface area (Å²) in [5, 5.41) is 12.6. The van der Waals surface area contributed by atoms with E-state index in [4.69, 9.17) is 19.1 Å². The minimum atomic E-state index is -0.876. The molecule has 0 saturated carbocycles. The average molecular weight is 354 g/mol. The molecule has 26 heavy (non-hydrogen) atoms. The van der Waals surface area contributed by atoms with Gasteiger partial charge in [-0.15, -0.1) is 0 Å². The van der Waals surface area contributed by atoms with Crippen LogP contribution in [0.25, 0.3) is 11.4 Å². The number of benzene rings is 1. The summed E-state index contributed by atoms with van der Waals surface area (Å²) in [6, 6.07) is 12.9. The Morgan fingerprint density at radius 1 is 1.12 bits per heavy atom. The van der Waals surface area contributed by atoms with E-state index in [1.165, 1.54) is 0 Å². The molecule has 0 radical (unpaired) electrons. The molecule has 0 bridgehead atoms. The predicted octanol–water partition coefficient (Wildman–Crippen LogP) is 3.34. The van der Waals surface area contributed by atoms with Crippen LogP contribution in [0.5, 0.6) is 11.5 Å². The minimum Gasteiger partial charge on any atom is -0.497 e. The molecule has 3 aromatic rings. The number of aromatic nitrogens is 2. The third-order valence-electron chi connectivity index (χ3n) is 3.71. The zero-order chi connectivity index (χ0) is 18.4. The van der Waals surface area contributed by atoms with E-state index >= 15 is 0 Å². The first kappa shape index (κ1) is 17.5. The predicted molar refractivity (Wildman–Crippen MR) is 93.0 cm³/mol. The molecule has 2 heterocycles. The van der Waals surface area contributed by atoms with Crippen LogP contribution in [-0.4, -0.2) is 28.3 Å². The van der Waals surface area contributed by atoms with Gasteiger partial charge < -0.3 is 19.1 Å². The lowest BCUT2D eigenvalue weighted by Gasteiger charge is -2.07. The van der Waals surface area contributed by atoms with Crippen molar-refractivity contribution in [3.8, 4) is 22.9 Å². The van der Waals surface area contributed by atoms with E-state index in [-0.39, 0.29) is 6.42 Å². The van der Waals surface area contributed by atoms with E-state index in [2.05, 4.69) is 10.1 Å². The Morgan fingerprint density at radius 2 is 1.88 bits per heavy atom. The molecule has 7 nitrogen and oxygen atoms in total. The van der Waals surface area contributed by atoms with Gasteiger partial charge in [0, 0.05) is 12.5 Å². The van der Waals surface area contributed by atoms with Crippen molar-refractivity contribution in [2.75, 3.05) is 7.11 Å². The van der Waals surface area contributed by atoms with E-state index < -0.39 is 5.97 Å². The van der Waals surface area contributed by atoms with Gasteiger partial charge in [0.15, 0.2) is 0 Å². The standard InChI is InChI=1S/C19H18N2O5/c1-24-14-4-2-13(3-5-14)12-25-16-6-8-17(20-11-16)18-10-15(26-21-18)7-9-19(22)23/h2-6,8,10-11H,7,9,12H2,1H3,(H,22,23). The van der Waals surface area contributed by atoms with Crippen LogP contribution in [-0.2, 0) is 17.8 Å². The lowest BCUT2D eigenvalue weighted by atomic mass is 10.2. The number of nitrogens with zero attached hydrogens (tertiary/aromatic N) is 2. The quantitative estimate of drug-likeness (QED) is 0.663. The van der Waals surface area contributed by atoms with E-state index in [1.54, 1.807) is 31.5 Å². The van der Waals surface area contributed by atoms with Gasteiger partial charge in [-0.05, 0) is 29.8 Å². The molecular weight excluding hydrogens is 336 g/mol. The van der Waals surface area contributed by atoms with Crippen LogP contribution in [0, 0.1) is 0 Å². The molecule has 1 N–H and O–H groups in total. The fourth-order valence-electron chi connectivity index (χ4n) is 2.29. The number of rotatable bonds is 8. The lowest BCUT2D eigenvalue weighted by molar-refractivity contribution is -0.137. The van der Waals surface area contributed by atoms with Gasteiger partial charge in [0.2, 0.25) is 0 Å². The maximum absolute atomic E-state index is 10.6. The molecular formula is C19H18N2O5.